The monoisotopic (exact) mass is 262 g/mol. The van der Waals surface area contributed by atoms with Gasteiger partial charge >= 0.3 is 0 Å². The van der Waals surface area contributed by atoms with Crippen LogP contribution in [0.15, 0.2) is 12.3 Å². The van der Waals surface area contributed by atoms with Gasteiger partial charge in [0.05, 0.1) is 5.69 Å². The SMILES string of the molecule is Cn1ccc(CN2CC(C)(C3CC3)NCC2(C)C)n1. The summed E-state index contributed by atoms with van der Waals surface area (Å²) in [5.41, 5.74) is 1.67. The highest BCUT2D eigenvalue weighted by molar-refractivity contribution is 5.08. The maximum Gasteiger partial charge on any atom is 0.0764 e. The number of hydrogen-bond acceptors (Lipinski definition) is 3. The molecule has 3 rings (SSSR count). The van der Waals surface area contributed by atoms with E-state index in [-0.39, 0.29) is 5.54 Å². The van der Waals surface area contributed by atoms with Crippen molar-refractivity contribution in [3.8, 4) is 0 Å². The van der Waals surface area contributed by atoms with E-state index < -0.39 is 0 Å². The minimum absolute atomic E-state index is 0.200. The lowest BCUT2D eigenvalue weighted by Crippen LogP contribution is -2.67. The van der Waals surface area contributed by atoms with E-state index in [1.54, 1.807) is 0 Å². The normalized spacial score (nSPS) is 31.6. The van der Waals surface area contributed by atoms with Crippen LogP contribution in [0.5, 0.6) is 0 Å². The lowest BCUT2D eigenvalue weighted by molar-refractivity contribution is 0.0168. The Kier molecular flexibility index (Phi) is 2.98. The second-order valence-corrected chi connectivity index (χ2v) is 7.19. The molecule has 19 heavy (non-hydrogen) atoms. The summed E-state index contributed by atoms with van der Waals surface area (Å²) in [6, 6.07) is 2.13. The molecule has 0 aromatic carbocycles. The zero-order valence-corrected chi connectivity index (χ0v) is 12.6. The highest BCUT2D eigenvalue weighted by Gasteiger charge is 2.48. The highest BCUT2D eigenvalue weighted by Crippen LogP contribution is 2.42. The van der Waals surface area contributed by atoms with Crippen molar-refractivity contribution in [3.63, 3.8) is 0 Å². The van der Waals surface area contributed by atoms with Gasteiger partial charge in [-0.05, 0) is 45.6 Å². The van der Waals surface area contributed by atoms with Gasteiger partial charge in [0.15, 0.2) is 0 Å². The number of piperazine rings is 1. The van der Waals surface area contributed by atoms with E-state index in [0.717, 1.165) is 25.6 Å². The number of aryl methyl sites for hydroxylation is 1. The molecule has 1 unspecified atom stereocenters. The summed E-state index contributed by atoms with van der Waals surface area (Å²) in [7, 11) is 1.99. The number of rotatable bonds is 3. The van der Waals surface area contributed by atoms with Gasteiger partial charge in [-0.25, -0.2) is 0 Å². The van der Waals surface area contributed by atoms with Crippen LogP contribution in [0.2, 0.25) is 0 Å². The topological polar surface area (TPSA) is 33.1 Å². The first-order valence-electron chi connectivity index (χ1n) is 7.38. The van der Waals surface area contributed by atoms with E-state index in [2.05, 4.69) is 42.2 Å². The minimum atomic E-state index is 0.200. The Balaban J connectivity index is 1.75. The molecule has 0 radical (unpaired) electrons. The van der Waals surface area contributed by atoms with E-state index in [9.17, 15) is 0 Å². The Morgan fingerprint density at radius 2 is 2.11 bits per heavy atom. The smallest absolute Gasteiger partial charge is 0.0764 e. The van der Waals surface area contributed by atoms with Crippen LogP contribution in [-0.4, -0.2) is 38.8 Å². The highest BCUT2D eigenvalue weighted by atomic mass is 15.3. The number of hydrogen-bond donors (Lipinski definition) is 1. The number of aromatic nitrogens is 2. The molecular weight excluding hydrogens is 236 g/mol. The minimum Gasteiger partial charge on any atom is -0.308 e. The molecule has 2 heterocycles. The van der Waals surface area contributed by atoms with Crippen molar-refractivity contribution in [1.29, 1.82) is 0 Å². The molecule has 1 saturated heterocycles. The molecule has 1 atom stereocenters. The van der Waals surface area contributed by atoms with Gasteiger partial charge in [-0.2, -0.15) is 5.10 Å². The van der Waals surface area contributed by atoms with Crippen LogP contribution in [0, 0.1) is 5.92 Å². The van der Waals surface area contributed by atoms with E-state index in [0.29, 0.717) is 5.54 Å². The molecule has 106 valence electrons. The predicted octanol–water partition coefficient (Wildman–Crippen LogP) is 1.77. The summed E-state index contributed by atoms with van der Waals surface area (Å²) < 4.78 is 1.89. The van der Waals surface area contributed by atoms with Gasteiger partial charge in [0.25, 0.3) is 0 Å². The molecule has 4 heteroatoms. The molecule has 1 aromatic heterocycles. The van der Waals surface area contributed by atoms with Crippen LogP contribution in [0.4, 0.5) is 0 Å². The van der Waals surface area contributed by atoms with Crippen LogP contribution in [0.1, 0.15) is 39.3 Å². The molecular formula is C15H26N4. The van der Waals surface area contributed by atoms with E-state index in [1.807, 2.05) is 17.9 Å². The maximum absolute atomic E-state index is 4.53. The quantitative estimate of drug-likeness (QED) is 0.901. The molecule has 4 nitrogen and oxygen atoms in total. The van der Waals surface area contributed by atoms with Crippen LogP contribution in [0.3, 0.4) is 0 Å². The molecule has 0 spiro atoms. The first-order valence-corrected chi connectivity index (χ1v) is 7.38. The molecule has 2 fully saturated rings. The summed E-state index contributed by atoms with van der Waals surface area (Å²) in [6.45, 7) is 10.2. The van der Waals surface area contributed by atoms with Crippen molar-refractivity contribution in [1.82, 2.24) is 20.0 Å². The molecule has 1 aromatic rings. The number of nitrogens with one attached hydrogen (secondary N) is 1. The van der Waals surface area contributed by atoms with Crippen molar-refractivity contribution < 1.29 is 0 Å². The third-order valence-electron chi connectivity index (χ3n) is 4.90. The van der Waals surface area contributed by atoms with E-state index in [1.165, 1.54) is 18.5 Å². The fraction of sp³-hybridized carbons (Fsp3) is 0.800. The van der Waals surface area contributed by atoms with Crippen LogP contribution in [0.25, 0.3) is 0 Å². The summed E-state index contributed by atoms with van der Waals surface area (Å²) in [6.07, 6.45) is 4.81. The standard InChI is InChI=1S/C15H26N4/c1-14(2)10-16-15(3,12-5-6-12)11-19(14)9-13-7-8-18(4)17-13/h7-8,12,16H,5-6,9-11H2,1-4H3. The maximum atomic E-state index is 4.53. The zero-order valence-electron chi connectivity index (χ0n) is 12.6. The Morgan fingerprint density at radius 1 is 1.37 bits per heavy atom. The first-order chi connectivity index (χ1) is 8.89. The number of nitrogens with zero attached hydrogens (tertiary/aromatic N) is 3. The van der Waals surface area contributed by atoms with Gasteiger partial charge in [0.2, 0.25) is 0 Å². The summed E-state index contributed by atoms with van der Waals surface area (Å²) in [5, 5.41) is 8.33. The average Bonchev–Trinajstić information content (AvgIpc) is 3.11. The van der Waals surface area contributed by atoms with E-state index in [4.69, 9.17) is 0 Å². The van der Waals surface area contributed by atoms with Crippen LogP contribution >= 0.6 is 0 Å². The lowest BCUT2D eigenvalue weighted by Gasteiger charge is -2.51. The summed E-state index contributed by atoms with van der Waals surface area (Å²) in [5.74, 6) is 0.870. The van der Waals surface area contributed by atoms with Crippen molar-refractivity contribution in [2.24, 2.45) is 13.0 Å². The molecule has 1 N–H and O–H groups in total. The molecule has 0 bridgehead atoms. The van der Waals surface area contributed by atoms with Crippen molar-refractivity contribution >= 4 is 0 Å². The van der Waals surface area contributed by atoms with Gasteiger partial charge in [-0.1, -0.05) is 0 Å². The van der Waals surface area contributed by atoms with Crippen LogP contribution in [-0.2, 0) is 13.6 Å². The van der Waals surface area contributed by atoms with Crippen molar-refractivity contribution in [3.05, 3.63) is 18.0 Å². The van der Waals surface area contributed by atoms with Gasteiger partial charge in [-0.3, -0.25) is 9.58 Å². The van der Waals surface area contributed by atoms with Crippen LogP contribution < -0.4 is 5.32 Å². The second-order valence-electron chi connectivity index (χ2n) is 7.19. The predicted molar refractivity (Wildman–Crippen MR) is 76.8 cm³/mol. The fourth-order valence-corrected chi connectivity index (χ4v) is 3.20. The fourth-order valence-electron chi connectivity index (χ4n) is 3.20. The van der Waals surface area contributed by atoms with E-state index >= 15 is 0 Å². The van der Waals surface area contributed by atoms with Crippen molar-refractivity contribution in [2.45, 2.75) is 51.2 Å². The molecule has 1 saturated carbocycles. The second kappa shape index (κ2) is 4.32. The molecule has 1 aliphatic carbocycles. The Hall–Kier alpha value is -0.870. The average molecular weight is 262 g/mol. The molecule has 2 aliphatic rings. The van der Waals surface area contributed by atoms with Gasteiger partial charge in [0.1, 0.15) is 0 Å². The molecule has 1 aliphatic heterocycles. The Morgan fingerprint density at radius 3 is 2.68 bits per heavy atom. The third kappa shape index (κ3) is 2.56. The Bertz CT molecular complexity index is 460. The van der Waals surface area contributed by atoms with Crippen molar-refractivity contribution in [2.75, 3.05) is 13.1 Å². The summed E-state index contributed by atoms with van der Waals surface area (Å²) >= 11 is 0. The zero-order chi connectivity index (χ0) is 13.7. The molecule has 0 amide bonds. The third-order valence-corrected chi connectivity index (χ3v) is 4.90. The van der Waals surface area contributed by atoms with Gasteiger partial charge in [-0.15, -0.1) is 0 Å². The summed E-state index contributed by atoms with van der Waals surface area (Å²) in [4.78, 5) is 2.60. The Labute approximate surface area is 116 Å². The van der Waals surface area contributed by atoms with Gasteiger partial charge in [0, 0.05) is 44.0 Å². The first kappa shape index (κ1) is 13.1. The largest absolute Gasteiger partial charge is 0.308 e. The van der Waals surface area contributed by atoms with Gasteiger partial charge < -0.3 is 5.32 Å². The lowest BCUT2D eigenvalue weighted by atomic mass is 9.86.